The molecular formula is C11H13NO2. The molecular weight excluding hydrogens is 178 g/mol. The number of methoxy groups -OCH3 is 1. The minimum atomic E-state index is 0.0807. The quantitative estimate of drug-likeness (QED) is 0.778. The van der Waals surface area contributed by atoms with Gasteiger partial charge in [0.1, 0.15) is 0 Å². The third kappa shape index (κ3) is 1.64. The molecule has 14 heavy (non-hydrogen) atoms. The Morgan fingerprint density at radius 1 is 1.50 bits per heavy atom. The molecule has 0 unspecified atom stereocenters. The van der Waals surface area contributed by atoms with E-state index in [-0.39, 0.29) is 12.2 Å². The molecule has 0 spiro atoms. The first-order chi connectivity index (χ1) is 6.61. The van der Waals surface area contributed by atoms with Gasteiger partial charge in [-0.1, -0.05) is 0 Å². The van der Waals surface area contributed by atoms with Crippen molar-refractivity contribution >= 4 is 0 Å². The van der Waals surface area contributed by atoms with E-state index in [2.05, 4.69) is 0 Å². The molecule has 0 aromatic heterocycles. The summed E-state index contributed by atoms with van der Waals surface area (Å²) in [5.41, 5.74) is 2.62. The van der Waals surface area contributed by atoms with Crippen LogP contribution in [0.5, 0.6) is 11.5 Å². The third-order valence-electron chi connectivity index (χ3n) is 2.39. The highest BCUT2D eigenvalue weighted by Crippen LogP contribution is 2.34. The Labute approximate surface area is 83.6 Å². The zero-order valence-electron chi connectivity index (χ0n) is 8.59. The molecule has 1 aromatic rings. The van der Waals surface area contributed by atoms with Gasteiger partial charge in [0, 0.05) is 5.56 Å². The van der Waals surface area contributed by atoms with E-state index in [0.717, 1.165) is 11.1 Å². The summed E-state index contributed by atoms with van der Waals surface area (Å²) in [6.45, 7) is 3.82. The second-order valence-corrected chi connectivity index (χ2v) is 3.18. The molecule has 0 saturated heterocycles. The number of aromatic hydroxyl groups is 1. The first-order valence-electron chi connectivity index (χ1n) is 4.34. The van der Waals surface area contributed by atoms with Crippen molar-refractivity contribution in [3.05, 3.63) is 22.8 Å². The molecule has 1 N–H and O–H groups in total. The largest absolute Gasteiger partial charge is 0.504 e. The van der Waals surface area contributed by atoms with Gasteiger partial charge in [0.25, 0.3) is 0 Å². The fraction of sp³-hybridized carbons (Fsp3) is 0.364. The highest BCUT2D eigenvalue weighted by Gasteiger charge is 2.12. The van der Waals surface area contributed by atoms with Crippen molar-refractivity contribution in [1.29, 1.82) is 5.26 Å². The van der Waals surface area contributed by atoms with Crippen LogP contribution in [0.15, 0.2) is 6.07 Å². The van der Waals surface area contributed by atoms with Crippen molar-refractivity contribution in [2.75, 3.05) is 7.11 Å². The van der Waals surface area contributed by atoms with Crippen LogP contribution >= 0.6 is 0 Å². The Morgan fingerprint density at radius 2 is 2.14 bits per heavy atom. The summed E-state index contributed by atoms with van der Waals surface area (Å²) >= 11 is 0. The number of nitriles is 1. The first kappa shape index (κ1) is 10.4. The molecule has 1 rings (SSSR count). The smallest absolute Gasteiger partial charge is 0.162 e. The fourth-order valence-corrected chi connectivity index (χ4v) is 1.39. The highest BCUT2D eigenvalue weighted by atomic mass is 16.5. The molecule has 0 atom stereocenters. The minimum Gasteiger partial charge on any atom is -0.504 e. The maximum atomic E-state index is 9.75. The summed E-state index contributed by atoms with van der Waals surface area (Å²) in [7, 11) is 1.50. The molecule has 1 aromatic carbocycles. The van der Waals surface area contributed by atoms with Crippen molar-refractivity contribution < 1.29 is 9.84 Å². The Kier molecular flexibility index (Phi) is 2.98. The zero-order valence-corrected chi connectivity index (χ0v) is 8.59. The summed E-state index contributed by atoms with van der Waals surface area (Å²) in [6, 6.07) is 3.80. The lowest BCUT2D eigenvalue weighted by Gasteiger charge is -2.12. The Balaban J connectivity index is 3.38. The molecule has 0 amide bonds. The van der Waals surface area contributed by atoms with Crippen LogP contribution in [0.2, 0.25) is 0 Å². The number of phenolic OH excluding ortho intramolecular Hbond substituents is 1. The van der Waals surface area contributed by atoms with Gasteiger partial charge in [-0.05, 0) is 31.0 Å². The predicted molar refractivity (Wildman–Crippen MR) is 53.4 cm³/mol. The van der Waals surface area contributed by atoms with Gasteiger partial charge in [-0.3, -0.25) is 0 Å². The van der Waals surface area contributed by atoms with Crippen molar-refractivity contribution in [2.24, 2.45) is 0 Å². The van der Waals surface area contributed by atoms with E-state index in [1.165, 1.54) is 7.11 Å². The predicted octanol–water partition coefficient (Wildman–Crippen LogP) is 2.08. The maximum Gasteiger partial charge on any atom is 0.162 e. The summed E-state index contributed by atoms with van der Waals surface area (Å²) in [4.78, 5) is 0. The summed E-state index contributed by atoms with van der Waals surface area (Å²) in [5.74, 6) is 0.510. The van der Waals surface area contributed by atoms with Gasteiger partial charge >= 0.3 is 0 Å². The molecule has 0 bridgehead atoms. The van der Waals surface area contributed by atoms with E-state index in [0.29, 0.717) is 11.3 Å². The van der Waals surface area contributed by atoms with Crippen LogP contribution < -0.4 is 4.74 Å². The Bertz CT molecular complexity index is 391. The summed E-state index contributed by atoms with van der Waals surface area (Å²) in [6.07, 6.45) is 0.204. The molecule has 0 aliphatic carbocycles. The third-order valence-corrected chi connectivity index (χ3v) is 2.39. The zero-order chi connectivity index (χ0) is 10.7. The van der Waals surface area contributed by atoms with Gasteiger partial charge in [-0.25, -0.2) is 0 Å². The summed E-state index contributed by atoms with van der Waals surface area (Å²) < 4.78 is 5.01. The average Bonchev–Trinajstić information content (AvgIpc) is 2.18. The van der Waals surface area contributed by atoms with E-state index in [1.807, 2.05) is 19.9 Å². The van der Waals surface area contributed by atoms with Crippen LogP contribution in [0, 0.1) is 25.2 Å². The fourth-order valence-electron chi connectivity index (χ4n) is 1.39. The lowest BCUT2D eigenvalue weighted by molar-refractivity contribution is 0.370. The van der Waals surface area contributed by atoms with Crippen LogP contribution in [0.4, 0.5) is 0 Å². The van der Waals surface area contributed by atoms with E-state index < -0.39 is 0 Å². The van der Waals surface area contributed by atoms with Crippen molar-refractivity contribution in [3.63, 3.8) is 0 Å². The molecule has 74 valence electrons. The van der Waals surface area contributed by atoms with Crippen LogP contribution in [0.1, 0.15) is 16.7 Å². The monoisotopic (exact) mass is 191 g/mol. The second kappa shape index (κ2) is 4.01. The van der Waals surface area contributed by atoms with E-state index in [1.54, 1.807) is 6.07 Å². The molecule has 0 radical (unpaired) electrons. The van der Waals surface area contributed by atoms with Crippen molar-refractivity contribution in [1.82, 2.24) is 0 Å². The van der Waals surface area contributed by atoms with Gasteiger partial charge in [-0.15, -0.1) is 0 Å². The molecule has 3 heteroatoms. The van der Waals surface area contributed by atoms with Gasteiger partial charge in [0.2, 0.25) is 0 Å². The Hall–Kier alpha value is -1.69. The molecule has 0 saturated carbocycles. The second-order valence-electron chi connectivity index (χ2n) is 3.18. The van der Waals surface area contributed by atoms with E-state index in [9.17, 15) is 5.11 Å². The molecule has 3 nitrogen and oxygen atoms in total. The van der Waals surface area contributed by atoms with Gasteiger partial charge < -0.3 is 9.84 Å². The molecule has 0 aliphatic heterocycles. The number of aryl methyl sites for hydroxylation is 1. The van der Waals surface area contributed by atoms with Gasteiger partial charge in [0.15, 0.2) is 11.5 Å². The number of ether oxygens (including phenoxy) is 1. The number of rotatable bonds is 2. The molecule has 0 fully saturated rings. The number of hydrogen-bond donors (Lipinski definition) is 1. The van der Waals surface area contributed by atoms with Gasteiger partial charge in [0.05, 0.1) is 19.6 Å². The average molecular weight is 191 g/mol. The topological polar surface area (TPSA) is 53.2 Å². The lowest BCUT2D eigenvalue weighted by atomic mass is 9.99. The van der Waals surface area contributed by atoms with E-state index in [4.69, 9.17) is 10.00 Å². The van der Waals surface area contributed by atoms with Gasteiger partial charge in [-0.2, -0.15) is 5.26 Å². The normalized spacial score (nSPS) is 9.57. The van der Waals surface area contributed by atoms with Crippen LogP contribution in [0.3, 0.4) is 0 Å². The highest BCUT2D eigenvalue weighted by molar-refractivity contribution is 5.53. The molecule has 0 heterocycles. The summed E-state index contributed by atoms with van der Waals surface area (Å²) in [5, 5.41) is 18.4. The van der Waals surface area contributed by atoms with Crippen LogP contribution in [-0.4, -0.2) is 12.2 Å². The van der Waals surface area contributed by atoms with Crippen molar-refractivity contribution in [3.8, 4) is 17.6 Å². The SMILES string of the molecule is COc1cc(C)c(C)c(CC#N)c1O. The number of nitrogens with zero attached hydrogens (tertiary/aromatic N) is 1. The number of benzene rings is 1. The minimum absolute atomic E-state index is 0.0807. The molecule has 0 aliphatic rings. The number of phenols is 1. The van der Waals surface area contributed by atoms with Crippen molar-refractivity contribution in [2.45, 2.75) is 20.3 Å². The standard InChI is InChI=1S/C11H13NO2/c1-7-6-10(14-3)11(13)9(4-5-12)8(7)2/h6,13H,4H2,1-3H3. The van der Waals surface area contributed by atoms with E-state index >= 15 is 0 Å². The number of hydrogen-bond acceptors (Lipinski definition) is 3. The first-order valence-corrected chi connectivity index (χ1v) is 4.34. The Morgan fingerprint density at radius 3 is 2.64 bits per heavy atom. The lowest BCUT2D eigenvalue weighted by Crippen LogP contribution is -1.95. The van der Waals surface area contributed by atoms with Crippen LogP contribution in [0.25, 0.3) is 0 Å². The van der Waals surface area contributed by atoms with Crippen LogP contribution in [-0.2, 0) is 6.42 Å². The maximum absolute atomic E-state index is 9.75.